The smallest absolute Gasteiger partial charge is 0.167 e. The van der Waals surface area contributed by atoms with E-state index in [0.29, 0.717) is 29.7 Å². The number of Topliss-reactive ketones (excluding diaryl/α,β-unsaturated/α-hetero) is 2. The maximum atomic E-state index is 12.9. The highest BCUT2D eigenvalue weighted by Gasteiger charge is 2.16. The van der Waals surface area contributed by atoms with Crippen molar-refractivity contribution in [2.45, 2.75) is 109 Å². The Hall–Kier alpha value is -6.59. The van der Waals surface area contributed by atoms with E-state index in [1.54, 1.807) is 18.6 Å². The van der Waals surface area contributed by atoms with Crippen molar-refractivity contribution in [3.8, 4) is 23.7 Å². The Morgan fingerprint density at radius 3 is 1.26 bits per heavy atom. The molecule has 0 aliphatic carbocycles. The fourth-order valence-electron chi connectivity index (χ4n) is 7.49. The van der Waals surface area contributed by atoms with Crippen LogP contribution in [-0.2, 0) is 25.9 Å². The first-order valence-electron chi connectivity index (χ1n) is 27.1. The van der Waals surface area contributed by atoms with Crippen molar-refractivity contribution >= 4 is 11.6 Å². The number of ketones is 2. The maximum absolute atomic E-state index is 12.9. The summed E-state index contributed by atoms with van der Waals surface area (Å²) in [5.41, 5.74) is 10.9. The number of aryl methyl sites for hydroxylation is 2. The van der Waals surface area contributed by atoms with Crippen LogP contribution in [0.2, 0.25) is 0 Å². The zero-order valence-electron chi connectivity index (χ0n) is 47.6. The molecule has 74 heavy (non-hydrogen) atoms. The van der Waals surface area contributed by atoms with Crippen molar-refractivity contribution in [2.75, 3.05) is 66.5 Å². The largest absolute Gasteiger partial charge is 0.304 e. The summed E-state index contributed by atoms with van der Waals surface area (Å²) in [6, 6.07) is 35.7. The molecule has 0 bridgehead atoms. The second kappa shape index (κ2) is 37.2. The Morgan fingerprint density at radius 1 is 0.459 bits per heavy atom. The van der Waals surface area contributed by atoms with Crippen molar-refractivity contribution in [3.63, 3.8) is 0 Å². The van der Waals surface area contributed by atoms with E-state index in [1.807, 2.05) is 144 Å². The Kier molecular flexibility index (Phi) is 31.9. The van der Waals surface area contributed by atoms with Crippen molar-refractivity contribution < 1.29 is 9.59 Å². The molecule has 394 valence electrons. The molecule has 4 heterocycles. The highest BCUT2D eigenvalue weighted by atomic mass is 16.1. The molecular weight excluding hydrogens is 911 g/mol. The molecule has 2 aliphatic heterocycles. The van der Waals surface area contributed by atoms with E-state index < -0.39 is 0 Å². The zero-order chi connectivity index (χ0) is 54.7. The molecule has 2 aliphatic rings. The first kappa shape index (κ1) is 63.5. The summed E-state index contributed by atoms with van der Waals surface area (Å²) in [4.78, 5) is 48.2. The topological polar surface area (TPSA) is 85.8 Å². The standard InChI is InChI=1S/C28H30N4O.C27H27N3O.5C2H6/c1-21-22(2)30-27(19-29-21)12-11-23-5-4-6-26(17-23)28(33)18-24-7-9-25(10-8-24)20-32-15-13-31(3)14-16-32;1-29-14-16-30(17-15-29)21-25-11-8-23(9-12-25)19-27(31)26-6-2-4-22(18-26)7-10-24-5-3-13-28-20-24;5*1-2/h4-10,17,19H,13-16,18,20H2,1-3H3;2-6,8-9,11-13,18,20H,14-17,19,21H2,1H3;5*1-2H3. The van der Waals surface area contributed by atoms with Gasteiger partial charge in [0.1, 0.15) is 5.69 Å². The van der Waals surface area contributed by atoms with Gasteiger partial charge >= 0.3 is 0 Å². The van der Waals surface area contributed by atoms with E-state index in [9.17, 15) is 9.59 Å². The van der Waals surface area contributed by atoms with Crippen LogP contribution in [0.4, 0.5) is 0 Å². The van der Waals surface area contributed by atoms with Crippen LogP contribution in [0.3, 0.4) is 0 Å². The van der Waals surface area contributed by atoms with E-state index in [0.717, 1.165) is 105 Å². The van der Waals surface area contributed by atoms with Gasteiger partial charge in [0.25, 0.3) is 0 Å². The lowest BCUT2D eigenvalue weighted by atomic mass is 10.0. The molecule has 4 aromatic carbocycles. The zero-order valence-corrected chi connectivity index (χ0v) is 47.6. The molecule has 0 amide bonds. The van der Waals surface area contributed by atoms with Gasteiger partial charge in [-0.3, -0.25) is 29.4 Å². The van der Waals surface area contributed by atoms with Gasteiger partial charge in [-0.25, -0.2) is 4.98 Å². The number of nitrogens with zero attached hydrogens (tertiary/aromatic N) is 7. The van der Waals surface area contributed by atoms with Gasteiger partial charge in [-0.05, 0) is 92.5 Å². The van der Waals surface area contributed by atoms with Crippen LogP contribution in [0.5, 0.6) is 0 Å². The van der Waals surface area contributed by atoms with Crippen LogP contribution in [0, 0.1) is 37.5 Å². The average Bonchev–Trinajstić information content (AvgIpc) is 3.46. The Bertz CT molecular complexity index is 2630. The van der Waals surface area contributed by atoms with E-state index in [4.69, 9.17) is 0 Å². The first-order chi connectivity index (χ1) is 36.1. The normalized spacial score (nSPS) is 13.0. The quantitative estimate of drug-likeness (QED) is 0.0984. The molecule has 9 nitrogen and oxygen atoms in total. The minimum Gasteiger partial charge on any atom is -0.304 e. The molecule has 2 aromatic heterocycles. The van der Waals surface area contributed by atoms with Crippen molar-refractivity contribution in [3.05, 3.63) is 195 Å². The van der Waals surface area contributed by atoms with Gasteiger partial charge in [-0.15, -0.1) is 0 Å². The Balaban J connectivity index is 0.000000435. The lowest BCUT2D eigenvalue weighted by molar-refractivity contribution is 0.0984. The molecule has 2 fully saturated rings. The number of carbonyl (C=O) groups is 2. The molecule has 0 radical (unpaired) electrons. The molecule has 0 spiro atoms. The number of likely N-dealkylation sites (N-methyl/N-ethyl adjacent to an activating group) is 2. The highest BCUT2D eigenvalue weighted by molar-refractivity contribution is 5.98. The molecule has 0 N–H and O–H groups in total. The van der Waals surface area contributed by atoms with Crippen molar-refractivity contribution in [1.82, 2.24) is 34.6 Å². The van der Waals surface area contributed by atoms with Gasteiger partial charge in [0.2, 0.25) is 0 Å². The SMILES string of the molecule is CC.CC.CC.CC.CC.CN1CCN(Cc2ccc(CC(=O)c3cccc(C#Cc4cccnc4)c3)cc2)CC1.Cc1ncc(C#Cc2cccc(C(=O)Cc3ccc(CN4CCN(C)CC4)cc3)c2)nc1C. The third-order valence-corrected chi connectivity index (χ3v) is 11.7. The van der Waals surface area contributed by atoms with E-state index >= 15 is 0 Å². The summed E-state index contributed by atoms with van der Waals surface area (Å²) in [5.74, 6) is 12.6. The van der Waals surface area contributed by atoms with E-state index in [-0.39, 0.29) is 11.6 Å². The number of hydrogen-bond acceptors (Lipinski definition) is 9. The van der Waals surface area contributed by atoms with Crippen molar-refractivity contribution in [1.29, 1.82) is 0 Å². The van der Waals surface area contributed by atoms with Gasteiger partial charge in [0.15, 0.2) is 11.6 Å². The molecule has 0 saturated carbocycles. The number of aromatic nitrogens is 3. The lowest BCUT2D eigenvalue weighted by Crippen LogP contribution is -2.43. The van der Waals surface area contributed by atoms with Crippen molar-refractivity contribution in [2.24, 2.45) is 0 Å². The van der Waals surface area contributed by atoms with E-state index in [1.165, 1.54) is 11.1 Å². The van der Waals surface area contributed by atoms with Crippen LogP contribution in [0.1, 0.15) is 146 Å². The first-order valence-corrected chi connectivity index (χ1v) is 27.1. The molecule has 0 unspecified atom stereocenters. The predicted octanol–water partition coefficient (Wildman–Crippen LogP) is 12.5. The second-order valence-corrected chi connectivity index (χ2v) is 16.8. The Morgan fingerprint density at radius 2 is 0.851 bits per heavy atom. The summed E-state index contributed by atoms with van der Waals surface area (Å²) in [6.45, 7) is 34.7. The van der Waals surface area contributed by atoms with Gasteiger partial charge in [0.05, 0.1) is 17.6 Å². The summed E-state index contributed by atoms with van der Waals surface area (Å²) in [5, 5.41) is 0. The van der Waals surface area contributed by atoms with Gasteiger partial charge in [0, 0.05) is 119 Å². The summed E-state index contributed by atoms with van der Waals surface area (Å²) < 4.78 is 0. The van der Waals surface area contributed by atoms with Crippen LogP contribution >= 0.6 is 0 Å². The minimum absolute atomic E-state index is 0.0939. The second-order valence-electron chi connectivity index (χ2n) is 16.8. The molecule has 6 aromatic rings. The fraction of sp³-hybridized carbons (Fsp3) is 0.400. The fourth-order valence-corrected chi connectivity index (χ4v) is 7.49. The predicted molar refractivity (Wildman–Crippen MR) is 312 cm³/mol. The molecule has 9 heteroatoms. The third kappa shape index (κ3) is 23.1. The minimum atomic E-state index is 0.0939. The number of benzene rings is 4. The summed E-state index contributed by atoms with van der Waals surface area (Å²) >= 11 is 0. The van der Waals surface area contributed by atoms with Crippen LogP contribution < -0.4 is 0 Å². The van der Waals surface area contributed by atoms with Gasteiger partial charge in [-0.2, -0.15) is 0 Å². The molecule has 8 rings (SSSR count). The number of hydrogen-bond donors (Lipinski definition) is 0. The lowest BCUT2D eigenvalue weighted by Gasteiger charge is -2.32. The monoisotopic (exact) mass is 998 g/mol. The highest BCUT2D eigenvalue weighted by Crippen LogP contribution is 2.16. The van der Waals surface area contributed by atoms with Gasteiger partial charge in [-0.1, -0.05) is 160 Å². The van der Waals surface area contributed by atoms with E-state index in [2.05, 4.69) is 121 Å². The number of piperazine rings is 2. The average molecular weight is 998 g/mol. The molecule has 2 saturated heterocycles. The number of rotatable bonds is 10. The van der Waals surface area contributed by atoms with Gasteiger partial charge < -0.3 is 9.80 Å². The maximum Gasteiger partial charge on any atom is 0.167 e. The summed E-state index contributed by atoms with van der Waals surface area (Å²) in [7, 11) is 4.34. The number of pyridine rings is 1. The number of carbonyl (C=O) groups excluding carboxylic acids is 2. The Labute approximate surface area is 447 Å². The third-order valence-electron chi connectivity index (χ3n) is 11.7. The van der Waals surface area contributed by atoms with Crippen LogP contribution in [0.15, 0.2) is 128 Å². The molecular formula is C65H87N7O2. The van der Waals surface area contributed by atoms with Crippen LogP contribution in [-0.4, -0.2) is 113 Å². The van der Waals surface area contributed by atoms with Crippen LogP contribution in [0.25, 0.3) is 0 Å². The summed E-state index contributed by atoms with van der Waals surface area (Å²) in [6.07, 6.45) is 5.92. The molecule has 0 atom stereocenters.